The van der Waals surface area contributed by atoms with Gasteiger partial charge in [0.2, 0.25) is 0 Å². The summed E-state index contributed by atoms with van der Waals surface area (Å²) in [5, 5.41) is 12.3. The molecule has 0 unspecified atom stereocenters. The zero-order chi connectivity index (χ0) is 20.8. The number of hydrogen-bond donors (Lipinski definition) is 1. The number of nitriles is 1. The third-order valence-corrected chi connectivity index (χ3v) is 5.64. The predicted molar refractivity (Wildman–Crippen MR) is 107 cm³/mol. The Bertz CT molecular complexity index is 900. The first kappa shape index (κ1) is 20.7. The van der Waals surface area contributed by atoms with E-state index >= 15 is 0 Å². The molecule has 0 saturated heterocycles. The number of anilines is 1. The summed E-state index contributed by atoms with van der Waals surface area (Å²) < 4.78 is 12.4. The number of amides is 1. The Morgan fingerprint density at radius 1 is 1.31 bits per heavy atom. The van der Waals surface area contributed by atoms with E-state index in [2.05, 4.69) is 11.4 Å². The fraction of sp³-hybridized carbons (Fsp3) is 0.500. The van der Waals surface area contributed by atoms with Crippen LogP contribution in [0.3, 0.4) is 0 Å². The third-order valence-electron chi connectivity index (χ3n) is 5.64. The van der Waals surface area contributed by atoms with Crippen LogP contribution in [0.15, 0.2) is 22.8 Å². The molecule has 1 N–H and O–H groups in total. The second kappa shape index (κ2) is 9.46. The van der Waals surface area contributed by atoms with Crippen LogP contribution in [-0.4, -0.2) is 23.1 Å². The second-order valence-electron chi connectivity index (χ2n) is 7.63. The van der Waals surface area contributed by atoms with Gasteiger partial charge in [-0.1, -0.05) is 19.3 Å². The molecule has 1 aliphatic rings. The predicted octanol–water partition coefficient (Wildman–Crippen LogP) is 4.07. The number of nitrogens with one attached hydrogen (secondary N) is 1. The monoisotopic (exact) mass is 397 g/mol. The van der Waals surface area contributed by atoms with E-state index in [4.69, 9.17) is 9.15 Å². The minimum absolute atomic E-state index is 0.342. The van der Waals surface area contributed by atoms with Crippen LogP contribution in [0.5, 0.6) is 0 Å². The van der Waals surface area contributed by atoms with Crippen LogP contribution >= 0.6 is 0 Å². The highest BCUT2D eigenvalue weighted by Crippen LogP contribution is 2.28. The Kier molecular flexibility index (Phi) is 6.76. The van der Waals surface area contributed by atoms with Gasteiger partial charge in [-0.15, -0.1) is 0 Å². The van der Waals surface area contributed by atoms with Crippen molar-refractivity contribution >= 4 is 17.7 Å². The molecule has 2 aromatic heterocycles. The van der Waals surface area contributed by atoms with Gasteiger partial charge >= 0.3 is 5.97 Å². The first-order valence-electron chi connectivity index (χ1n) is 10.1. The minimum Gasteiger partial charge on any atom is -0.467 e. The van der Waals surface area contributed by atoms with Crippen LogP contribution in [0.4, 0.5) is 5.82 Å². The summed E-state index contributed by atoms with van der Waals surface area (Å²) >= 11 is 0. The van der Waals surface area contributed by atoms with Gasteiger partial charge in [-0.3, -0.25) is 9.59 Å². The van der Waals surface area contributed by atoms with Crippen LogP contribution < -0.4 is 5.32 Å². The Hall–Kier alpha value is -3.01. The highest BCUT2D eigenvalue weighted by Gasteiger charge is 2.22. The van der Waals surface area contributed by atoms with E-state index in [0.717, 1.165) is 36.9 Å². The van der Waals surface area contributed by atoms with Crippen LogP contribution in [0, 0.1) is 31.1 Å². The van der Waals surface area contributed by atoms with Crippen molar-refractivity contribution in [3.05, 3.63) is 41.0 Å². The van der Waals surface area contributed by atoms with Crippen LogP contribution in [-0.2, 0) is 20.9 Å². The summed E-state index contributed by atoms with van der Waals surface area (Å²) in [6, 6.07) is 5.78. The number of carbonyl (C=O) groups excluding carboxylic acids is 2. The first-order valence-corrected chi connectivity index (χ1v) is 10.1. The summed E-state index contributed by atoms with van der Waals surface area (Å²) in [5.74, 6) is 0.664. The number of ether oxygens (including phenoxy) is 1. The van der Waals surface area contributed by atoms with Crippen molar-refractivity contribution in [3.63, 3.8) is 0 Å². The smallest absolute Gasteiger partial charge is 0.306 e. The minimum atomic E-state index is -0.461. The first-order chi connectivity index (χ1) is 14.0. The van der Waals surface area contributed by atoms with E-state index in [9.17, 15) is 14.9 Å². The van der Waals surface area contributed by atoms with Crippen molar-refractivity contribution in [2.24, 2.45) is 5.92 Å². The summed E-state index contributed by atoms with van der Waals surface area (Å²) in [7, 11) is 0. The molecule has 7 heteroatoms. The molecular weight excluding hydrogens is 370 g/mol. The van der Waals surface area contributed by atoms with Crippen molar-refractivity contribution in [1.29, 1.82) is 5.26 Å². The summed E-state index contributed by atoms with van der Waals surface area (Å²) in [5.41, 5.74) is 2.06. The molecule has 3 rings (SSSR count). The highest BCUT2D eigenvalue weighted by molar-refractivity contribution is 5.93. The van der Waals surface area contributed by atoms with E-state index < -0.39 is 5.91 Å². The average molecular weight is 397 g/mol. The van der Waals surface area contributed by atoms with Gasteiger partial charge in [0, 0.05) is 12.1 Å². The molecule has 2 heterocycles. The third kappa shape index (κ3) is 5.08. The molecule has 0 aliphatic heterocycles. The molecule has 0 aromatic carbocycles. The maximum absolute atomic E-state index is 12.4. The van der Waals surface area contributed by atoms with Crippen molar-refractivity contribution in [2.75, 3.05) is 11.9 Å². The molecule has 2 aromatic rings. The SMILES string of the molecule is Cc1c(C#N)c(NC(=O)COC(=O)CC2CCCCC2)n(Cc2ccco2)c1C. The van der Waals surface area contributed by atoms with Crippen molar-refractivity contribution < 1.29 is 18.7 Å². The maximum Gasteiger partial charge on any atom is 0.306 e. The number of esters is 1. The quantitative estimate of drug-likeness (QED) is 0.710. The molecule has 0 bridgehead atoms. The van der Waals surface area contributed by atoms with Crippen LogP contribution in [0.2, 0.25) is 0 Å². The summed E-state index contributed by atoms with van der Waals surface area (Å²) in [4.78, 5) is 24.5. The molecule has 7 nitrogen and oxygen atoms in total. The van der Waals surface area contributed by atoms with Crippen LogP contribution in [0.1, 0.15) is 61.1 Å². The van der Waals surface area contributed by atoms with Gasteiger partial charge in [0.25, 0.3) is 5.91 Å². The molecule has 1 amide bonds. The molecular formula is C22H27N3O4. The lowest BCUT2D eigenvalue weighted by atomic mass is 9.87. The van der Waals surface area contributed by atoms with Gasteiger partial charge in [-0.25, -0.2) is 0 Å². The largest absolute Gasteiger partial charge is 0.467 e. The molecule has 0 spiro atoms. The number of rotatable bonds is 7. The van der Waals surface area contributed by atoms with Gasteiger partial charge < -0.3 is 19.0 Å². The fourth-order valence-corrected chi connectivity index (χ4v) is 3.89. The van der Waals surface area contributed by atoms with E-state index in [-0.39, 0.29) is 12.6 Å². The van der Waals surface area contributed by atoms with E-state index in [1.807, 2.05) is 24.5 Å². The van der Waals surface area contributed by atoms with Gasteiger partial charge in [-0.05, 0) is 50.3 Å². The number of aromatic nitrogens is 1. The lowest BCUT2D eigenvalue weighted by molar-refractivity contribution is -0.148. The Labute approximate surface area is 170 Å². The van der Waals surface area contributed by atoms with Gasteiger partial charge in [0.1, 0.15) is 17.6 Å². The number of hydrogen-bond acceptors (Lipinski definition) is 5. The number of carbonyl (C=O) groups is 2. The van der Waals surface area contributed by atoms with Crippen molar-refractivity contribution in [1.82, 2.24) is 4.57 Å². The van der Waals surface area contributed by atoms with Crippen molar-refractivity contribution in [3.8, 4) is 6.07 Å². The standard InChI is InChI=1S/C22H27N3O4/c1-15-16(2)25(13-18-9-6-10-28-18)22(19(15)12-23)24-20(26)14-29-21(27)11-17-7-4-3-5-8-17/h6,9-10,17H,3-5,7-8,11,13-14H2,1-2H3,(H,24,26). The van der Waals surface area contributed by atoms with Crippen LogP contribution in [0.25, 0.3) is 0 Å². The van der Waals surface area contributed by atoms with Gasteiger partial charge in [-0.2, -0.15) is 5.26 Å². The highest BCUT2D eigenvalue weighted by atomic mass is 16.5. The van der Waals surface area contributed by atoms with Crippen molar-refractivity contribution in [2.45, 2.75) is 58.9 Å². The number of nitrogens with zero attached hydrogens (tertiary/aromatic N) is 2. The molecule has 154 valence electrons. The van der Waals surface area contributed by atoms with E-state index in [1.54, 1.807) is 12.3 Å². The summed E-state index contributed by atoms with van der Waals surface area (Å²) in [6.07, 6.45) is 7.57. The Balaban J connectivity index is 1.63. The van der Waals surface area contributed by atoms with Gasteiger partial charge in [0.15, 0.2) is 6.61 Å². The normalized spacial score (nSPS) is 14.4. The Morgan fingerprint density at radius 2 is 2.07 bits per heavy atom. The maximum atomic E-state index is 12.4. The lowest BCUT2D eigenvalue weighted by Gasteiger charge is -2.20. The zero-order valence-corrected chi connectivity index (χ0v) is 17.0. The number of furan rings is 1. The Morgan fingerprint density at radius 3 is 2.72 bits per heavy atom. The average Bonchev–Trinajstić information content (AvgIpc) is 3.30. The molecule has 29 heavy (non-hydrogen) atoms. The lowest BCUT2D eigenvalue weighted by Crippen LogP contribution is -2.24. The zero-order valence-electron chi connectivity index (χ0n) is 17.0. The fourth-order valence-electron chi connectivity index (χ4n) is 3.89. The molecule has 1 aliphatic carbocycles. The van der Waals surface area contributed by atoms with E-state index in [0.29, 0.717) is 36.0 Å². The topological polar surface area (TPSA) is 97.3 Å². The van der Waals surface area contributed by atoms with Gasteiger partial charge in [0.05, 0.1) is 18.4 Å². The molecule has 0 radical (unpaired) electrons. The molecule has 0 atom stereocenters. The van der Waals surface area contributed by atoms with E-state index in [1.165, 1.54) is 6.42 Å². The summed E-state index contributed by atoms with van der Waals surface area (Å²) in [6.45, 7) is 3.75. The molecule has 1 saturated carbocycles. The second-order valence-corrected chi connectivity index (χ2v) is 7.63. The molecule has 1 fully saturated rings.